The maximum absolute atomic E-state index is 13.0. The summed E-state index contributed by atoms with van der Waals surface area (Å²) in [5.74, 6) is 0.899. The van der Waals surface area contributed by atoms with E-state index in [4.69, 9.17) is 4.42 Å². The highest BCUT2D eigenvalue weighted by molar-refractivity contribution is 6.06. The molecule has 2 aromatic rings. The number of hydrogen-bond acceptors (Lipinski definition) is 8. The number of nitro groups is 2. The van der Waals surface area contributed by atoms with Crippen molar-refractivity contribution >= 4 is 28.7 Å². The zero-order valence-electron chi connectivity index (χ0n) is 17.6. The number of likely N-dealkylation sites (tertiary alicyclic amines) is 1. The van der Waals surface area contributed by atoms with Crippen molar-refractivity contribution in [1.82, 2.24) is 4.90 Å². The van der Waals surface area contributed by atoms with Gasteiger partial charge >= 0.3 is 5.69 Å². The highest BCUT2D eigenvalue weighted by Gasteiger charge is 2.30. The molecule has 1 aromatic carbocycles. The molecule has 0 saturated carbocycles. The molecule has 1 saturated heterocycles. The molecular formula is C21H23N5O6. The third-order valence-electron chi connectivity index (χ3n) is 5.86. The number of furan rings is 1. The van der Waals surface area contributed by atoms with Gasteiger partial charge in [0, 0.05) is 36.7 Å². The first-order valence-corrected chi connectivity index (χ1v) is 10.5. The van der Waals surface area contributed by atoms with E-state index in [0.717, 1.165) is 50.4 Å². The summed E-state index contributed by atoms with van der Waals surface area (Å²) in [7, 11) is 0. The van der Waals surface area contributed by atoms with Gasteiger partial charge in [0.05, 0.1) is 21.6 Å². The number of benzene rings is 1. The number of piperidine rings is 1. The first kappa shape index (κ1) is 21.5. The minimum absolute atomic E-state index is 0.0472. The molecule has 4 rings (SSSR count). The first-order valence-electron chi connectivity index (χ1n) is 10.5. The van der Waals surface area contributed by atoms with Gasteiger partial charge in [-0.15, -0.1) is 0 Å². The van der Waals surface area contributed by atoms with Crippen molar-refractivity contribution in [3.63, 3.8) is 0 Å². The number of carbonyl (C=O) groups excluding carboxylic acids is 1. The van der Waals surface area contributed by atoms with E-state index in [0.29, 0.717) is 35.6 Å². The lowest BCUT2D eigenvalue weighted by Crippen LogP contribution is -2.35. The molecule has 32 heavy (non-hydrogen) atoms. The zero-order valence-corrected chi connectivity index (χ0v) is 17.6. The van der Waals surface area contributed by atoms with Crippen LogP contribution in [0.25, 0.3) is 0 Å². The Labute approximate surface area is 183 Å². The number of aryl methyl sites for hydroxylation is 1. The van der Waals surface area contributed by atoms with Crippen molar-refractivity contribution in [1.29, 1.82) is 0 Å². The number of carbonyl (C=O) groups is 1. The number of amides is 1. The van der Waals surface area contributed by atoms with E-state index in [1.165, 1.54) is 12.1 Å². The molecule has 1 aliphatic carbocycles. The second-order valence-corrected chi connectivity index (χ2v) is 7.95. The van der Waals surface area contributed by atoms with Crippen LogP contribution in [0.1, 0.15) is 59.5 Å². The minimum Gasteiger partial charge on any atom is -0.455 e. The SMILES string of the molecule is Cc1c(C(=O)N2CCCCC2)oc2c1/C(=N/Nc1ccc([N+](=O)[O-])cc1[N+](=O)[O-])CCC2. The summed E-state index contributed by atoms with van der Waals surface area (Å²) >= 11 is 0. The standard InChI is InChI=1S/C21H23N5O6/c1-13-19-16(23-22-15-9-8-14(25(28)29)12-17(15)26(30)31)6-5-7-18(19)32-20(13)21(27)24-10-3-2-4-11-24/h8-9,12,22H,2-7,10-11H2,1H3/b23-16+. The van der Waals surface area contributed by atoms with E-state index in [9.17, 15) is 25.0 Å². The maximum atomic E-state index is 13.0. The van der Waals surface area contributed by atoms with E-state index in [2.05, 4.69) is 10.5 Å². The average molecular weight is 441 g/mol. The number of rotatable bonds is 5. The van der Waals surface area contributed by atoms with Gasteiger partial charge < -0.3 is 9.32 Å². The Morgan fingerprint density at radius 1 is 1.09 bits per heavy atom. The summed E-state index contributed by atoms with van der Waals surface area (Å²) in [6, 6.07) is 3.34. The number of fused-ring (bicyclic) bond motifs is 1. The second-order valence-electron chi connectivity index (χ2n) is 7.95. The van der Waals surface area contributed by atoms with Crippen LogP contribution in [0.5, 0.6) is 0 Å². The van der Waals surface area contributed by atoms with Crippen LogP contribution in [0, 0.1) is 27.2 Å². The van der Waals surface area contributed by atoms with Crippen LogP contribution in [-0.4, -0.2) is 39.5 Å². The second kappa shape index (κ2) is 8.77. The fraction of sp³-hybridized carbons (Fsp3) is 0.429. The molecule has 0 spiro atoms. The molecule has 2 aliphatic rings. The Bertz CT molecular complexity index is 1120. The lowest BCUT2D eigenvalue weighted by atomic mass is 9.93. The number of nitro benzene ring substituents is 2. The molecule has 2 heterocycles. The van der Waals surface area contributed by atoms with E-state index in [-0.39, 0.29) is 17.3 Å². The monoisotopic (exact) mass is 441 g/mol. The van der Waals surface area contributed by atoms with Crippen LogP contribution in [0.4, 0.5) is 17.1 Å². The van der Waals surface area contributed by atoms with Crippen molar-refractivity contribution in [3.8, 4) is 0 Å². The fourth-order valence-electron chi connectivity index (χ4n) is 4.23. The normalized spacial score (nSPS) is 17.2. The number of hydrazone groups is 1. The Hall–Kier alpha value is -3.76. The number of nitrogens with zero attached hydrogens (tertiary/aromatic N) is 4. The van der Waals surface area contributed by atoms with Crippen LogP contribution in [-0.2, 0) is 6.42 Å². The molecule has 1 aromatic heterocycles. The average Bonchev–Trinajstić information content (AvgIpc) is 3.14. The van der Waals surface area contributed by atoms with Crippen molar-refractivity contribution in [3.05, 3.63) is 61.1 Å². The summed E-state index contributed by atoms with van der Waals surface area (Å²) in [6.07, 6.45) is 5.14. The molecular weight excluding hydrogens is 418 g/mol. The largest absolute Gasteiger partial charge is 0.455 e. The Morgan fingerprint density at radius 3 is 2.53 bits per heavy atom. The summed E-state index contributed by atoms with van der Waals surface area (Å²) in [4.78, 5) is 35.7. The molecule has 1 aliphatic heterocycles. The molecule has 1 amide bonds. The number of non-ortho nitro benzene ring substituents is 1. The summed E-state index contributed by atoms with van der Waals surface area (Å²) in [5.41, 5.74) is 4.03. The lowest BCUT2D eigenvalue weighted by Gasteiger charge is -2.25. The molecule has 0 atom stereocenters. The van der Waals surface area contributed by atoms with Crippen molar-refractivity contribution in [2.45, 2.75) is 45.4 Å². The van der Waals surface area contributed by atoms with Crippen LogP contribution in [0.3, 0.4) is 0 Å². The summed E-state index contributed by atoms with van der Waals surface area (Å²) in [6.45, 7) is 3.26. The first-order chi connectivity index (χ1) is 15.4. The molecule has 11 nitrogen and oxygen atoms in total. The molecule has 11 heteroatoms. The van der Waals surface area contributed by atoms with Crippen molar-refractivity contribution in [2.24, 2.45) is 5.10 Å². The van der Waals surface area contributed by atoms with E-state index in [1.54, 1.807) is 0 Å². The lowest BCUT2D eigenvalue weighted by molar-refractivity contribution is -0.393. The Kier molecular flexibility index (Phi) is 5.89. The summed E-state index contributed by atoms with van der Waals surface area (Å²) < 4.78 is 5.96. The van der Waals surface area contributed by atoms with Gasteiger partial charge in [0.1, 0.15) is 11.4 Å². The predicted octanol–water partition coefficient (Wildman–Crippen LogP) is 4.18. The van der Waals surface area contributed by atoms with Gasteiger partial charge in [-0.2, -0.15) is 5.10 Å². The fourth-order valence-corrected chi connectivity index (χ4v) is 4.23. The van der Waals surface area contributed by atoms with Gasteiger partial charge in [0.15, 0.2) is 5.76 Å². The van der Waals surface area contributed by atoms with Gasteiger partial charge in [-0.1, -0.05) is 0 Å². The number of nitrogens with one attached hydrogen (secondary N) is 1. The van der Waals surface area contributed by atoms with Crippen LogP contribution in [0.2, 0.25) is 0 Å². The third-order valence-corrected chi connectivity index (χ3v) is 5.86. The van der Waals surface area contributed by atoms with E-state index >= 15 is 0 Å². The maximum Gasteiger partial charge on any atom is 0.301 e. The minimum atomic E-state index is -0.694. The number of hydrogen-bond donors (Lipinski definition) is 1. The van der Waals surface area contributed by atoms with Crippen molar-refractivity contribution < 1.29 is 19.1 Å². The van der Waals surface area contributed by atoms with Crippen molar-refractivity contribution in [2.75, 3.05) is 18.5 Å². The zero-order chi connectivity index (χ0) is 22.8. The molecule has 168 valence electrons. The van der Waals surface area contributed by atoms with E-state index in [1.807, 2.05) is 11.8 Å². The molecule has 0 radical (unpaired) electrons. The Morgan fingerprint density at radius 2 is 1.84 bits per heavy atom. The van der Waals surface area contributed by atoms with Gasteiger partial charge in [0.25, 0.3) is 11.6 Å². The smallest absolute Gasteiger partial charge is 0.301 e. The van der Waals surface area contributed by atoms with Crippen LogP contribution < -0.4 is 5.43 Å². The van der Waals surface area contributed by atoms with Gasteiger partial charge in [-0.05, 0) is 45.1 Å². The highest BCUT2D eigenvalue weighted by atomic mass is 16.6. The van der Waals surface area contributed by atoms with Crippen LogP contribution in [0.15, 0.2) is 27.7 Å². The number of anilines is 1. The third kappa shape index (κ3) is 4.05. The van der Waals surface area contributed by atoms with Gasteiger partial charge in [0.2, 0.25) is 0 Å². The van der Waals surface area contributed by atoms with Gasteiger partial charge in [-0.3, -0.25) is 30.4 Å². The molecule has 0 bridgehead atoms. The van der Waals surface area contributed by atoms with Gasteiger partial charge in [-0.25, -0.2) is 0 Å². The molecule has 1 N–H and O–H groups in total. The highest BCUT2D eigenvalue weighted by Crippen LogP contribution is 2.33. The molecule has 1 fully saturated rings. The predicted molar refractivity (Wildman–Crippen MR) is 116 cm³/mol. The van der Waals surface area contributed by atoms with Crippen LogP contribution >= 0.6 is 0 Å². The van der Waals surface area contributed by atoms with E-state index < -0.39 is 15.5 Å². The topological polar surface area (TPSA) is 144 Å². The summed E-state index contributed by atoms with van der Waals surface area (Å²) in [5, 5.41) is 26.7. The molecule has 0 unspecified atom stereocenters. The Balaban J connectivity index is 1.64. The quantitative estimate of drug-likeness (QED) is 0.541.